The average molecular weight is 590 g/mol. The van der Waals surface area contributed by atoms with Gasteiger partial charge in [-0.3, -0.25) is 9.69 Å². The molecule has 2 heterocycles. The summed E-state index contributed by atoms with van der Waals surface area (Å²) in [4.78, 5) is 28.2. The summed E-state index contributed by atoms with van der Waals surface area (Å²) >= 11 is 0. The van der Waals surface area contributed by atoms with Gasteiger partial charge < -0.3 is 9.47 Å². The molecule has 2 atom stereocenters. The number of hydrogen-bond donors (Lipinski definition) is 0. The monoisotopic (exact) mass is 589 g/mol. The van der Waals surface area contributed by atoms with Crippen molar-refractivity contribution in [3.05, 3.63) is 94.5 Å². The van der Waals surface area contributed by atoms with Crippen molar-refractivity contribution in [3.8, 4) is 11.1 Å². The number of Topliss-reactive ketones (excluding diaryl/α,β-unsaturated/α-hetero) is 1. The molecule has 42 heavy (non-hydrogen) atoms. The van der Waals surface area contributed by atoms with Gasteiger partial charge >= 0.3 is 18.4 Å². The number of carbonyl (C=O) groups excluding carboxylic acids is 2. The second-order valence-corrected chi connectivity index (χ2v) is 10.9. The lowest BCUT2D eigenvalue weighted by Crippen LogP contribution is -2.60. The van der Waals surface area contributed by atoms with Crippen molar-refractivity contribution in [1.29, 1.82) is 0 Å². The van der Waals surface area contributed by atoms with E-state index in [1.807, 2.05) is 48.5 Å². The van der Waals surface area contributed by atoms with Crippen molar-refractivity contribution in [2.45, 2.75) is 43.2 Å². The van der Waals surface area contributed by atoms with E-state index in [4.69, 9.17) is 9.47 Å². The Kier molecular flexibility index (Phi) is 7.03. The molecule has 2 aliphatic heterocycles. The van der Waals surface area contributed by atoms with Crippen molar-refractivity contribution in [2.24, 2.45) is 5.92 Å². The van der Waals surface area contributed by atoms with E-state index in [9.17, 15) is 35.9 Å². The van der Waals surface area contributed by atoms with Crippen LogP contribution in [0, 0.1) is 5.92 Å². The van der Waals surface area contributed by atoms with E-state index >= 15 is 0 Å². The van der Waals surface area contributed by atoms with Crippen LogP contribution < -0.4 is 0 Å². The Morgan fingerprint density at radius 3 is 1.79 bits per heavy atom. The summed E-state index contributed by atoms with van der Waals surface area (Å²) < 4.78 is 91.6. The number of ether oxygens (including phenoxy) is 2. The minimum Gasteiger partial charge on any atom is -0.448 e. The highest BCUT2D eigenvalue weighted by molar-refractivity contribution is 5.98. The Labute approximate surface area is 237 Å². The smallest absolute Gasteiger partial charge is 0.416 e. The first-order valence-corrected chi connectivity index (χ1v) is 13.5. The molecule has 2 bridgehead atoms. The topological polar surface area (TPSA) is 55.8 Å². The summed E-state index contributed by atoms with van der Waals surface area (Å²) in [6, 6.07) is 15.4. The Bertz CT molecular complexity index is 1440. The molecule has 6 rings (SSSR count). The van der Waals surface area contributed by atoms with Gasteiger partial charge in [-0.15, -0.1) is 0 Å². The first-order chi connectivity index (χ1) is 19.9. The number of benzene rings is 3. The standard InChI is InChI=1S/C31H25F6NO4/c32-30(33,34)19-9-17(10-20(13-19)31(35,36)37)28(39)18-11-21-14-41-15-22(12-18)38(21)29(40)42-16-27-25-7-3-1-5-23(25)24-6-2-4-8-26(24)27/h1-10,13,18,21-22,27H,11-12,14-16H2. The number of piperidine rings is 1. The van der Waals surface area contributed by atoms with Crippen molar-refractivity contribution >= 4 is 11.9 Å². The normalized spacial score (nSPS) is 22.0. The largest absolute Gasteiger partial charge is 0.448 e. The second-order valence-electron chi connectivity index (χ2n) is 10.9. The maximum absolute atomic E-state index is 13.4. The number of morpholine rings is 1. The molecule has 0 radical (unpaired) electrons. The summed E-state index contributed by atoms with van der Waals surface area (Å²) in [6.45, 7) is 0.220. The highest BCUT2D eigenvalue weighted by atomic mass is 19.4. The maximum atomic E-state index is 13.4. The van der Waals surface area contributed by atoms with Gasteiger partial charge in [0.25, 0.3) is 0 Å². The van der Waals surface area contributed by atoms with Crippen LogP contribution in [0.2, 0.25) is 0 Å². The van der Waals surface area contributed by atoms with Crippen molar-refractivity contribution in [2.75, 3.05) is 19.8 Å². The quantitative estimate of drug-likeness (QED) is 0.236. The predicted molar refractivity (Wildman–Crippen MR) is 139 cm³/mol. The Morgan fingerprint density at radius 2 is 1.29 bits per heavy atom. The molecule has 3 aromatic rings. The van der Waals surface area contributed by atoms with Crippen LogP contribution in [0.4, 0.5) is 31.1 Å². The summed E-state index contributed by atoms with van der Waals surface area (Å²) in [6.07, 6.45) is -10.7. The van der Waals surface area contributed by atoms with E-state index < -0.39 is 58.9 Å². The molecule has 5 nitrogen and oxygen atoms in total. The van der Waals surface area contributed by atoms with Gasteiger partial charge in [0.2, 0.25) is 0 Å². The highest BCUT2D eigenvalue weighted by Crippen LogP contribution is 2.45. The van der Waals surface area contributed by atoms with Gasteiger partial charge in [0.1, 0.15) is 6.61 Å². The molecule has 2 saturated heterocycles. The molecule has 0 aromatic heterocycles. The third-order valence-corrected chi connectivity index (χ3v) is 8.31. The lowest BCUT2D eigenvalue weighted by Gasteiger charge is -2.47. The molecule has 11 heteroatoms. The molecule has 220 valence electrons. The van der Waals surface area contributed by atoms with Crippen LogP contribution in [-0.4, -0.2) is 48.7 Å². The number of halogens is 6. The fraction of sp³-hybridized carbons (Fsp3) is 0.355. The summed E-state index contributed by atoms with van der Waals surface area (Å²) in [5.41, 5.74) is 0.484. The van der Waals surface area contributed by atoms with Gasteiger partial charge in [0.15, 0.2) is 5.78 Å². The number of hydrogen-bond acceptors (Lipinski definition) is 4. The molecular formula is C31H25F6NO4. The second kappa shape index (κ2) is 10.4. The van der Waals surface area contributed by atoms with E-state index in [1.165, 1.54) is 4.90 Å². The van der Waals surface area contributed by atoms with Crippen LogP contribution >= 0.6 is 0 Å². The third-order valence-electron chi connectivity index (χ3n) is 8.31. The SMILES string of the molecule is O=C(c1cc(C(F)(F)F)cc(C(F)(F)F)c1)C1CC2COCC(C1)N2C(=O)OCC1c2ccccc2-c2ccccc21. The average Bonchev–Trinajstić information content (AvgIpc) is 3.27. The molecule has 3 aliphatic rings. The van der Waals surface area contributed by atoms with Crippen LogP contribution in [0.5, 0.6) is 0 Å². The molecule has 2 unspecified atom stereocenters. The van der Waals surface area contributed by atoms with E-state index in [2.05, 4.69) is 0 Å². The molecule has 0 saturated carbocycles. The van der Waals surface area contributed by atoms with Crippen LogP contribution in [0.3, 0.4) is 0 Å². The first kappa shape index (κ1) is 28.3. The molecule has 2 fully saturated rings. The zero-order valence-corrected chi connectivity index (χ0v) is 22.0. The lowest BCUT2D eigenvalue weighted by atomic mass is 9.80. The number of amides is 1. The lowest BCUT2D eigenvalue weighted by molar-refractivity contribution is -0.143. The van der Waals surface area contributed by atoms with Gasteiger partial charge in [-0.2, -0.15) is 26.3 Å². The summed E-state index contributed by atoms with van der Waals surface area (Å²) in [5, 5.41) is 0. The summed E-state index contributed by atoms with van der Waals surface area (Å²) in [7, 11) is 0. The summed E-state index contributed by atoms with van der Waals surface area (Å²) in [5.74, 6) is -1.87. The number of alkyl halides is 6. The van der Waals surface area contributed by atoms with E-state index in [0.29, 0.717) is 12.1 Å². The molecule has 1 amide bonds. The highest BCUT2D eigenvalue weighted by Gasteiger charge is 2.46. The van der Waals surface area contributed by atoms with Crippen LogP contribution in [-0.2, 0) is 21.8 Å². The van der Waals surface area contributed by atoms with E-state index in [-0.39, 0.29) is 44.6 Å². The van der Waals surface area contributed by atoms with E-state index in [1.54, 1.807) is 0 Å². The van der Waals surface area contributed by atoms with Gasteiger partial charge in [-0.1, -0.05) is 48.5 Å². The van der Waals surface area contributed by atoms with Crippen LogP contribution in [0.25, 0.3) is 11.1 Å². The molecule has 3 aromatic carbocycles. The van der Waals surface area contributed by atoms with Crippen molar-refractivity contribution in [3.63, 3.8) is 0 Å². The molecule has 0 N–H and O–H groups in total. The van der Waals surface area contributed by atoms with Gasteiger partial charge in [0.05, 0.1) is 36.4 Å². The number of carbonyl (C=O) groups is 2. The Hall–Kier alpha value is -3.86. The van der Waals surface area contributed by atoms with Crippen LogP contribution in [0.1, 0.15) is 51.4 Å². The number of ketones is 1. The molecule has 1 aliphatic carbocycles. The van der Waals surface area contributed by atoms with Crippen molar-refractivity contribution in [1.82, 2.24) is 4.90 Å². The zero-order valence-electron chi connectivity index (χ0n) is 22.0. The Balaban J connectivity index is 1.19. The minimum atomic E-state index is -5.06. The maximum Gasteiger partial charge on any atom is 0.416 e. The number of fused-ring (bicyclic) bond motifs is 5. The predicted octanol–water partition coefficient (Wildman–Crippen LogP) is 7.34. The van der Waals surface area contributed by atoms with Crippen molar-refractivity contribution < 1.29 is 45.4 Å². The van der Waals surface area contributed by atoms with Gasteiger partial charge in [0, 0.05) is 17.4 Å². The number of nitrogens with zero attached hydrogens (tertiary/aromatic N) is 1. The minimum absolute atomic E-state index is 0.000888. The van der Waals surface area contributed by atoms with Crippen LogP contribution in [0.15, 0.2) is 66.7 Å². The zero-order chi connectivity index (χ0) is 29.8. The Morgan fingerprint density at radius 1 is 0.786 bits per heavy atom. The molecular weight excluding hydrogens is 564 g/mol. The number of rotatable bonds is 4. The first-order valence-electron chi connectivity index (χ1n) is 13.5. The van der Waals surface area contributed by atoms with Gasteiger partial charge in [-0.25, -0.2) is 4.79 Å². The fourth-order valence-corrected chi connectivity index (χ4v) is 6.43. The fourth-order valence-electron chi connectivity index (χ4n) is 6.43. The third kappa shape index (κ3) is 5.14. The van der Waals surface area contributed by atoms with E-state index in [0.717, 1.165) is 22.3 Å². The van der Waals surface area contributed by atoms with Gasteiger partial charge in [-0.05, 0) is 53.3 Å². The molecule has 0 spiro atoms.